The van der Waals surface area contributed by atoms with Crippen LogP contribution in [0.4, 0.5) is 23.7 Å². The molecule has 0 saturated carbocycles. The van der Waals surface area contributed by atoms with Gasteiger partial charge in [-0.25, -0.2) is 13.2 Å². The Kier molecular flexibility index (Phi) is 10.6. The SMILES string of the molecule is CCCN(CC(=O)N(Cc1ccccc1C)C1CCN(C(=O)Nc2cccc(C(F)(F)F)c2)CC1)S(=O)(=O)CC. The summed E-state index contributed by atoms with van der Waals surface area (Å²) in [5, 5.41) is 2.53. The molecular formula is C28H37F3N4O4S. The molecule has 1 aliphatic heterocycles. The van der Waals surface area contributed by atoms with Gasteiger partial charge >= 0.3 is 12.2 Å². The number of nitrogens with zero attached hydrogens (tertiary/aromatic N) is 3. The maximum atomic E-state index is 13.6. The van der Waals surface area contributed by atoms with Gasteiger partial charge in [0.2, 0.25) is 15.9 Å². The molecule has 1 fully saturated rings. The van der Waals surface area contributed by atoms with Crippen molar-refractivity contribution in [1.82, 2.24) is 14.1 Å². The summed E-state index contributed by atoms with van der Waals surface area (Å²) >= 11 is 0. The van der Waals surface area contributed by atoms with E-state index in [-0.39, 0.29) is 36.5 Å². The lowest BCUT2D eigenvalue weighted by atomic mass is 10.0. The molecule has 0 unspecified atom stereocenters. The van der Waals surface area contributed by atoms with Gasteiger partial charge in [0.25, 0.3) is 0 Å². The number of hydrogen-bond donors (Lipinski definition) is 1. The Morgan fingerprint density at radius 1 is 1.05 bits per heavy atom. The van der Waals surface area contributed by atoms with Gasteiger partial charge in [0, 0.05) is 37.9 Å². The van der Waals surface area contributed by atoms with E-state index >= 15 is 0 Å². The van der Waals surface area contributed by atoms with Crippen molar-refractivity contribution in [3.8, 4) is 0 Å². The average molecular weight is 583 g/mol. The van der Waals surface area contributed by atoms with E-state index in [1.165, 1.54) is 21.3 Å². The highest BCUT2D eigenvalue weighted by Crippen LogP contribution is 2.31. The second kappa shape index (κ2) is 13.5. The van der Waals surface area contributed by atoms with Crippen molar-refractivity contribution >= 4 is 27.6 Å². The minimum atomic E-state index is -4.52. The van der Waals surface area contributed by atoms with Crippen molar-refractivity contribution in [2.45, 2.75) is 58.8 Å². The van der Waals surface area contributed by atoms with Crippen LogP contribution in [-0.4, -0.2) is 72.4 Å². The van der Waals surface area contributed by atoms with E-state index in [4.69, 9.17) is 0 Å². The first kappa shape index (κ1) is 31.4. The van der Waals surface area contributed by atoms with Crippen LogP contribution in [0, 0.1) is 6.92 Å². The number of carbonyl (C=O) groups excluding carboxylic acids is 2. The fraction of sp³-hybridized carbons (Fsp3) is 0.500. The number of nitrogens with one attached hydrogen (secondary N) is 1. The highest BCUT2D eigenvalue weighted by molar-refractivity contribution is 7.89. The molecule has 0 aliphatic carbocycles. The summed E-state index contributed by atoms with van der Waals surface area (Å²) in [6.45, 7) is 6.22. The van der Waals surface area contributed by atoms with Gasteiger partial charge in [-0.3, -0.25) is 4.79 Å². The van der Waals surface area contributed by atoms with Gasteiger partial charge in [-0.05, 0) is 62.4 Å². The van der Waals surface area contributed by atoms with Crippen molar-refractivity contribution in [1.29, 1.82) is 0 Å². The lowest BCUT2D eigenvalue weighted by Gasteiger charge is -2.39. The predicted octanol–water partition coefficient (Wildman–Crippen LogP) is 5.10. The Labute approximate surface area is 234 Å². The molecule has 1 heterocycles. The quantitative estimate of drug-likeness (QED) is 0.422. The maximum Gasteiger partial charge on any atom is 0.416 e. The van der Waals surface area contributed by atoms with E-state index < -0.39 is 27.8 Å². The third-order valence-corrected chi connectivity index (χ3v) is 8.93. The number of anilines is 1. The molecule has 1 saturated heterocycles. The number of aryl methyl sites for hydroxylation is 1. The van der Waals surface area contributed by atoms with Crippen molar-refractivity contribution < 1.29 is 31.2 Å². The molecule has 40 heavy (non-hydrogen) atoms. The van der Waals surface area contributed by atoms with Crippen molar-refractivity contribution in [3.63, 3.8) is 0 Å². The highest BCUT2D eigenvalue weighted by Gasteiger charge is 2.33. The normalized spacial score (nSPS) is 14.8. The summed E-state index contributed by atoms with van der Waals surface area (Å²) in [5.74, 6) is -0.405. The zero-order chi connectivity index (χ0) is 29.5. The third-order valence-electron chi connectivity index (χ3n) is 7.10. The lowest BCUT2D eigenvalue weighted by molar-refractivity contribution is -0.137. The first-order valence-electron chi connectivity index (χ1n) is 13.4. The zero-order valence-corrected chi connectivity index (χ0v) is 23.9. The van der Waals surface area contributed by atoms with Gasteiger partial charge < -0.3 is 15.1 Å². The number of alkyl halides is 3. The Morgan fingerprint density at radius 3 is 2.33 bits per heavy atom. The van der Waals surface area contributed by atoms with Gasteiger partial charge in [-0.1, -0.05) is 37.3 Å². The van der Waals surface area contributed by atoms with Crippen LogP contribution in [0.2, 0.25) is 0 Å². The highest BCUT2D eigenvalue weighted by atomic mass is 32.2. The summed E-state index contributed by atoms with van der Waals surface area (Å²) < 4.78 is 65.6. The number of hydrogen-bond acceptors (Lipinski definition) is 4. The van der Waals surface area contributed by atoms with Gasteiger partial charge in [-0.15, -0.1) is 0 Å². The number of sulfonamides is 1. The summed E-state index contributed by atoms with van der Waals surface area (Å²) in [5.41, 5.74) is 1.15. The Morgan fingerprint density at radius 2 is 1.73 bits per heavy atom. The van der Waals surface area contributed by atoms with Gasteiger partial charge in [0.15, 0.2) is 0 Å². The summed E-state index contributed by atoms with van der Waals surface area (Å²) in [7, 11) is -3.57. The second-order valence-electron chi connectivity index (χ2n) is 9.91. The molecule has 3 amide bonds. The molecule has 220 valence electrons. The van der Waals surface area contributed by atoms with Crippen LogP contribution in [0.15, 0.2) is 48.5 Å². The second-order valence-corrected chi connectivity index (χ2v) is 12.2. The molecule has 2 aromatic carbocycles. The largest absolute Gasteiger partial charge is 0.416 e. The minimum Gasteiger partial charge on any atom is -0.334 e. The monoisotopic (exact) mass is 582 g/mol. The summed E-state index contributed by atoms with van der Waals surface area (Å²) in [6.07, 6.45) is -3.05. The molecule has 0 spiro atoms. The summed E-state index contributed by atoms with van der Waals surface area (Å²) in [6, 6.07) is 11.4. The fourth-order valence-electron chi connectivity index (χ4n) is 4.74. The van der Waals surface area contributed by atoms with Gasteiger partial charge in [0.05, 0.1) is 17.9 Å². The number of carbonyl (C=O) groups is 2. The lowest BCUT2D eigenvalue weighted by Crippen LogP contribution is -2.52. The van der Waals surface area contributed by atoms with Crippen LogP contribution in [0.1, 0.15) is 49.8 Å². The van der Waals surface area contributed by atoms with Crippen LogP contribution in [0.5, 0.6) is 0 Å². The third kappa shape index (κ3) is 8.20. The maximum absolute atomic E-state index is 13.6. The van der Waals surface area contributed by atoms with Crippen LogP contribution in [-0.2, 0) is 27.5 Å². The van der Waals surface area contributed by atoms with Gasteiger partial charge in [0.1, 0.15) is 0 Å². The molecule has 3 rings (SSSR count). The fourth-order valence-corrected chi connectivity index (χ4v) is 5.87. The standard InChI is InChI=1S/C28H37F3N4O4S/c1-4-15-34(40(38,39)5-2)20-26(36)35(19-22-10-7-6-9-21(22)3)25-13-16-33(17-14-25)27(37)32-24-12-8-11-23(18-24)28(29,30)31/h6-12,18,25H,4-5,13-17,19-20H2,1-3H3,(H,32,37). The number of urea groups is 1. The molecule has 1 aliphatic rings. The van der Waals surface area contributed by atoms with Crippen molar-refractivity contribution in [2.24, 2.45) is 0 Å². The van der Waals surface area contributed by atoms with Crippen LogP contribution in [0.3, 0.4) is 0 Å². The van der Waals surface area contributed by atoms with E-state index in [0.717, 1.165) is 23.3 Å². The Hall–Kier alpha value is -3.12. The van der Waals surface area contributed by atoms with E-state index in [1.807, 2.05) is 38.1 Å². The van der Waals surface area contributed by atoms with Gasteiger partial charge in [-0.2, -0.15) is 17.5 Å². The predicted molar refractivity (Wildman–Crippen MR) is 148 cm³/mol. The number of likely N-dealkylation sites (tertiary alicyclic amines) is 1. The average Bonchev–Trinajstić information content (AvgIpc) is 2.92. The van der Waals surface area contributed by atoms with Crippen LogP contribution in [0.25, 0.3) is 0 Å². The molecule has 1 N–H and O–H groups in total. The number of piperidine rings is 1. The van der Waals surface area contributed by atoms with E-state index in [2.05, 4.69) is 5.32 Å². The van der Waals surface area contributed by atoms with E-state index in [0.29, 0.717) is 38.9 Å². The molecular weight excluding hydrogens is 545 g/mol. The minimum absolute atomic E-state index is 0.0476. The number of amides is 3. The molecule has 2 aromatic rings. The summed E-state index contributed by atoms with van der Waals surface area (Å²) in [4.78, 5) is 29.6. The Bertz CT molecular complexity index is 1280. The number of rotatable bonds is 10. The van der Waals surface area contributed by atoms with E-state index in [1.54, 1.807) is 11.8 Å². The molecule has 0 bridgehead atoms. The topological polar surface area (TPSA) is 90.0 Å². The number of halogens is 3. The number of benzene rings is 2. The molecule has 0 aromatic heterocycles. The molecule has 0 atom stereocenters. The first-order chi connectivity index (χ1) is 18.9. The molecule has 0 radical (unpaired) electrons. The first-order valence-corrected chi connectivity index (χ1v) is 15.0. The molecule has 12 heteroatoms. The van der Waals surface area contributed by atoms with Crippen LogP contribution >= 0.6 is 0 Å². The molecule has 8 nitrogen and oxygen atoms in total. The smallest absolute Gasteiger partial charge is 0.334 e. The van der Waals surface area contributed by atoms with Crippen LogP contribution < -0.4 is 5.32 Å². The van der Waals surface area contributed by atoms with Crippen molar-refractivity contribution in [3.05, 3.63) is 65.2 Å². The van der Waals surface area contributed by atoms with Crippen molar-refractivity contribution in [2.75, 3.05) is 37.2 Å². The Balaban J connectivity index is 1.73. The van der Waals surface area contributed by atoms with E-state index in [9.17, 15) is 31.2 Å². The zero-order valence-electron chi connectivity index (χ0n) is 23.1.